The number of pyridine rings is 1. The number of hydrogen-bond acceptors (Lipinski definition) is 4. The number of carboxylic acid groups (broad SMARTS) is 1. The quantitative estimate of drug-likeness (QED) is 0.740. The second-order valence-corrected chi connectivity index (χ2v) is 4.93. The van der Waals surface area contributed by atoms with E-state index in [4.69, 9.17) is 11.6 Å². The first-order valence-electron chi connectivity index (χ1n) is 6.36. The van der Waals surface area contributed by atoms with Crippen LogP contribution in [0.3, 0.4) is 0 Å². The fourth-order valence-electron chi connectivity index (χ4n) is 1.97. The van der Waals surface area contributed by atoms with Gasteiger partial charge >= 0.3 is 5.97 Å². The molecule has 3 N–H and O–H groups in total. The summed E-state index contributed by atoms with van der Waals surface area (Å²) >= 11 is 5.92. The Kier molecular flexibility index (Phi) is 4.77. The minimum Gasteiger partial charge on any atom is -0.478 e. The third kappa shape index (κ3) is 3.51. The van der Waals surface area contributed by atoms with Crippen LogP contribution >= 0.6 is 11.6 Å². The van der Waals surface area contributed by atoms with Crippen molar-refractivity contribution in [3.63, 3.8) is 0 Å². The number of benzene rings is 1. The molecule has 0 saturated carbocycles. The molecule has 2 aromatic rings. The molecule has 0 aliphatic carbocycles. The number of aliphatic hydroxyl groups excluding tert-OH is 1. The summed E-state index contributed by atoms with van der Waals surface area (Å²) in [7, 11) is 0. The van der Waals surface area contributed by atoms with E-state index in [1.807, 2.05) is 18.2 Å². The van der Waals surface area contributed by atoms with Crippen molar-refractivity contribution in [3.8, 4) is 0 Å². The maximum absolute atomic E-state index is 11.2. The fraction of sp³-hybridized carbons (Fsp3) is 0.200. The maximum atomic E-state index is 11.2. The van der Waals surface area contributed by atoms with E-state index >= 15 is 0 Å². The lowest BCUT2D eigenvalue weighted by Gasteiger charge is -2.16. The molecule has 2 rings (SSSR count). The Bertz CT molecular complexity index is 647. The highest BCUT2D eigenvalue weighted by Crippen LogP contribution is 2.26. The van der Waals surface area contributed by atoms with Crippen LogP contribution in [0.15, 0.2) is 36.5 Å². The minimum atomic E-state index is -1.10. The SMILES string of the molecule is Cc1c(Cl)ncc(C(=O)O)c1NC[C@H](O)c1ccccc1. The number of anilines is 1. The van der Waals surface area contributed by atoms with Gasteiger partial charge in [-0.2, -0.15) is 0 Å². The molecule has 0 spiro atoms. The monoisotopic (exact) mass is 306 g/mol. The molecular weight excluding hydrogens is 292 g/mol. The lowest BCUT2D eigenvalue weighted by molar-refractivity contribution is 0.0697. The molecule has 1 aromatic heterocycles. The van der Waals surface area contributed by atoms with E-state index < -0.39 is 12.1 Å². The van der Waals surface area contributed by atoms with E-state index in [2.05, 4.69) is 10.3 Å². The van der Waals surface area contributed by atoms with Crippen molar-refractivity contribution in [3.05, 3.63) is 58.4 Å². The van der Waals surface area contributed by atoms with Gasteiger partial charge in [0.05, 0.1) is 11.8 Å². The van der Waals surface area contributed by atoms with Gasteiger partial charge in [0.1, 0.15) is 10.7 Å². The third-order valence-corrected chi connectivity index (χ3v) is 3.53. The van der Waals surface area contributed by atoms with Gasteiger partial charge in [-0.05, 0) is 12.5 Å². The lowest BCUT2D eigenvalue weighted by atomic mass is 10.1. The molecule has 0 bridgehead atoms. The summed E-state index contributed by atoms with van der Waals surface area (Å²) < 4.78 is 0. The number of halogens is 1. The molecule has 0 aliphatic rings. The highest BCUT2D eigenvalue weighted by Gasteiger charge is 2.17. The van der Waals surface area contributed by atoms with Crippen LogP contribution < -0.4 is 5.32 Å². The molecule has 0 amide bonds. The predicted octanol–water partition coefficient (Wildman–Crippen LogP) is 2.89. The van der Waals surface area contributed by atoms with Gasteiger partial charge in [0.2, 0.25) is 0 Å². The zero-order valence-corrected chi connectivity index (χ0v) is 12.1. The molecule has 6 heteroatoms. The molecule has 0 unspecified atom stereocenters. The summed E-state index contributed by atoms with van der Waals surface area (Å²) in [6.07, 6.45) is 0.453. The van der Waals surface area contributed by atoms with E-state index in [0.29, 0.717) is 11.3 Å². The van der Waals surface area contributed by atoms with Crippen LogP contribution in [-0.2, 0) is 0 Å². The van der Waals surface area contributed by atoms with Crippen molar-refractivity contribution >= 4 is 23.3 Å². The fourth-order valence-corrected chi connectivity index (χ4v) is 2.11. The molecule has 5 nitrogen and oxygen atoms in total. The first kappa shape index (κ1) is 15.3. The summed E-state index contributed by atoms with van der Waals surface area (Å²) in [6, 6.07) is 9.12. The molecule has 1 atom stereocenters. The van der Waals surface area contributed by atoms with Crippen LogP contribution in [-0.4, -0.2) is 27.7 Å². The van der Waals surface area contributed by atoms with Gasteiger partial charge in [-0.3, -0.25) is 0 Å². The third-order valence-electron chi connectivity index (χ3n) is 3.15. The lowest BCUT2D eigenvalue weighted by Crippen LogP contribution is -2.16. The number of hydrogen-bond donors (Lipinski definition) is 3. The van der Waals surface area contributed by atoms with Gasteiger partial charge in [-0.1, -0.05) is 41.9 Å². The Balaban J connectivity index is 2.20. The van der Waals surface area contributed by atoms with Crippen LogP contribution in [0.25, 0.3) is 0 Å². The highest BCUT2D eigenvalue weighted by molar-refractivity contribution is 6.30. The summed E-state index contributed by atoms with van der Waals surface area (Å²) in [5.41, 5.74) is 1.69. The van der Waals surface area contributed by atoms with E-state index in [0.717, 1.165) is 5.56 Å². The predicted molar refractivity (Wildman–Crippen MR) is 80.8 cm³/mol. The molecule has 0 saturated heterocycles. The summed E-state index contributed by atoms with van der Waals surface area (Å²) in [5.74, 6) is -1.10. The number of nitrogens with one attached hydrogen (secondary N) is 1. The summed E-state index contributed by atoms with van der Waals surface area (Å²) in [4.78, 5) is 15.0. The normalized spacial score (nSPS) is 12.0. The molecule has 1 heterocycles. The van der Waals surface area contributed by atoms with E-state index in [1.54, 1.807) is 19.1 Å². The average Bonchev–Trinajstić information content (AvgIpc) is 2.49. The minimum absolute atomic E-state index is 0.0251. The highest BCUT2D eigenvalue weighted by atomic mass is 35.5. The second kappa shape index (κ2) is 6.56. The van der Waals surface area contributed by atoms with Gasteiger partial charge in [0.25, 0.3) is 0 Å². The van der Waals surface area contributed by atoms with Crippen LogP contribution in [0.2, 0.25) is 5.15 Å². The Hall–Kier alpha value is -2.11. The molecule has 110 valence electrons. The van der Waals surface area contributed by atoms with Crippen LogP contribution in [0, 0.1) is 6.92 Å². The van der Waals surface area contributed by atoms with Crippen molar-refractivity contribution in [2.24, 2.45) is 0 Å². The molecule has 0 aliphatic heterocycles. The Morgan fingerprint density at radius 2 is 2.05 bits per heavy atom. The Morgan fingerprint density at radius 3 is 2.67 bits per heavy atom. The number of carboxylic acids is 1. The molecule has 0 radical (unpaired) electrons. The number of aliphatic hydroxyl groups is 1. The smallest absolute Gasteiger partial charge is 0.339 e. The van der Waals surface area contributed by atoms with Crippen LogP contribution in [0.4, 0.5) is 5.69 Å². The number of aromatic carboxylic acids is 1. The van der Waals surface area contributed by atoms with Crippen molar-refractivity contribution < 1.29 is 15.0 Å². The number of carbonyl (C=O) groups is 1. The Morgan fingerprint density at radius 1 is 1.38 bits per heavy atom. The van der Waals surface area contributed by atoms with Gasteiger partial charge in [-0.25, -0.2) is 9.78 Å². The van der Waals surface area contributed by atoms with E-state index in [-0.39, 0.29) is 17.3 Å². The van der Waals surface area contributed by atoms with Gasteiger partial charge in [-0.15, -0.1) is 0 Å². The topological polar surface area (TPSA) is 82.5 Å². The standard InChI is InChI=1S/C15H15ClN2O3/c1-9-13(11(15(20)21)7-18-14(9)16)17-8-12(19)10-5-3-2-4-6-10/h2-7,12,19H,8H2,1H3,(H,17,18)(H,20,21)/t12-/m0/s1. The molecule has 1 aromatic carbocycles. The van der Waals surface area contributed by atoms with Crippen molar-refractivity contribution in [1.82, 2.24) is 4.98 Å². The van der Waals surface area contributed by atoms with Gasteiger partial charge in [0.15, 0.2) is 0 Å². The number of nitrogens with zero attached hydrogens (tertiary/aromatic N) is 1. The van der Waals surface area contributed by atoms with Crippen LogP contribution in [0.1, 0.15) is 27.6 Å². The molecule has 0 fully saturated rings. The van der Waals surface area contributed by atoms with E-state index in [1.165, 1.54) is 6.20 Å². The molecular formula is C15H15ClN2O3. The van der Waals surface area contributed by atoms with Gasteiger partial charge in [0, 0.05) is 18.3 Å². The zero-order chi connectivity index (χ0) is 15.4. The van der Waals surface area contributed by atoms with Crippen molar-refractivity contribution in [1.29, 1.82) is 0 Å². The largest absolute Gasteiger partial charge is 0.478 e. The van der Waals surface area contributed by atoms with Crippen LogP contribution in [0.5, 0.6) is 0 Å². The number of aromatic nitrogens is 1. The first-order chi connectivity index (χ1) is 10.0. The van der Waals surface area contributed by atoms with Crippen molar-refractivity contribution in [2.75, 3.05) is 11.9 Å². The first-order valence-corrected chi connectivity index (χ1v) is 6.73. The second-order valence-electron chi connectivity index (χ2n) is 4.58. The summed E-state index contributed by atoms with van der Waals surface area (Å²) in [5, 5.41) is 22.5. The van der Waals surface area contributed by atoms with Crippen molar-refractivity contribution in [2.45, 2.75) is 13.0 Å². The number of rotatable bonds is 5. The average molecular weight is 307 g/mol. The van der Waals surface area contributed by atoms with Gasteiger partial charge < -0.3 is 15.5 Å². The summed E-state index contributed by atoms with van der Waals surface area (Å²) in [6.45, 7) is 1.85. The maximum Gasteiger partial charge on any atom is 0.339 e. The zero-order valence-electron chi connectivity index (χ0n) is 11.4. The Labute approximate surface area is 127 Å². The van der Waals surface area contributed by atoms with E-state index in [9.17, 15) is 15.0 Å². The molecule has 21 heavy (non-hydrogen) atoms.